The van der Waals surface area contributed by atoms with Gasteiger partial charge in [0.05, 0.1) is 11.6 Å². The molecule has 0 aliphatic carbocycles. The molecule has 0 fully saturated rings. The van der Waals surface area contributed by atoms with Crippen molar-refractivity contribution in [1.82, 2.24) is 4.98 Å². The van der Waals surface area contributed by atoms with Gasteiger partial charge in [-0.25, -0.2) is 0 Å². The van der Waals surface area contributed by atoms with E-state index in [-0.39, 0.29) is 0 Å². The Labute approximate surface area is 57.5 Å². The van der Waals surface area contributed by atoms with Gasteiger partial charge in [0.25, 0.3) is 0 Å². The van der Waals surface area contributed by atoms with Crippen LogP contribution in [0.25, 0.3) is 10.9 Å². The summed E-state index contributed by atoms with van der Waals surface area (Å²) in [5.41, 5.74) is 0.683. The van der Waals surface area contributed by atoms with Gasteiger partial charge in [0, 0.05) is 12.3 Å². The van der Waals surface area contributed by atoms with Crippen LogP contribution in [-0.2, 0) is 0 Å². The molecule has 10 heavy (non-hydrogen) atoms. The molecule has 3 heteroatoms. The molecule has 0 aromatic carbocycles. The first-order valence-corrected chi connectivity index (χ1v) is 3.02. The Morgan fingerprint density at radius 2 is 2.30 bits per heavy atom. The number of fused-ring (bicyclic) bond motifs is 1. The molecule has 1 N–H and O–H groups in total. The zero-order chi connectivity index (χ0) is 6.97. The summed E-state index contributed by atoms with van der Waals surface area (Å²) in [5.74, 6) is 0. The maximum absolute atomic E-state index is 10.9. The molecule has 50 valence electrons. The number of pyridine rings is 1. The van der Waals surface area contributed by atoms with Crippen LogP contribution in [0.1, 0.15) is 0 Å². The van der Waals surface area contributed by atoms with Crippen molar-refractivity contribution in [1.29, 1.82) is 0 Å². The molecule has 3 nitrogen and oxygen atoms in total. The second-order valence-corrected chi connectivity index (χ2v) is 2.13. The normalized spacial score (nSPS) is 10.4. The minimum Gasteiger partial charge on any atom is -0.618 e. The maximum atomic E-state index is 10.9. The van der Waals surface area contributed by atoms with Crippen molar-refractivity contribution in [3.63, 3.8) is 0 Å². The molecule has 0 unspecified atom stereocenters. The van der Waals surface area contributed by atoms with E-state index in [1.54, 1.807) is 18.5 Å². The maximum Gasteiger partial charge on any atom is 0.241 e. The van der Waals surface area contributed by atoms with Crippen LogP contribution in [0.2, 0.25) is 0 Å². The van der Waals surface area contributed by atoms with E-state index in [1.807, 2.05) is 6.07 Å². The number of hydrogen-bond donors (Lipinski definition) is 1. The number of nitrogens with zero attached hydrogens (tertiary/aromatic N) is 1. The summed E-state index contributed by atoms with van der Waals surface area (Å²) < 4.78 is 0.839. The van der Waals surface area contributed by atoms with Crippen LogP contribution in [0.15, 0.2) is 30.7 Å². The van der Waals surface area contributed by atoms with Crippen LogP contribution < -0.4 is 4.73 Å². The smallest absolute Gasteiger partial charge is 0.241 e. The van der Waals surface area contributed by atoms with Crippen LogP contribution in [-0.4, -0.2) is 4.98 Å². The van der Waals surface area contributed by atoms with E-state index >= 15 is 0 Å². The highest BCUT2D eigenvalue weighted by atomic mass is 16.5. The largest absolute Gasteiger partial charge is 0.618 e. The highest BCUT2D eigenvalue weighted by Gasteiger charge is 1.99. The molecule has 0 spiro atoms. The molecule has 0 aliphatic heterocycles. The van der Waals surface area contributed by atoms with Crippen LogP contribution in [0, 0.1) is 5.21 Å². The van der Waals surface area contributed by atoms with Gasteiger partial charge < -0.3 is 10.2 Å². The van der Waals surface area contributed by atoms with Crippen LogP contribution in [0.3, 0.4) is 0 Å². The molecule has 2 aromatic heterocycles. The summed E-state index contributed by atoms with van der Waals surface area (Å²) >= 11 is 0. The predicted octanol–water partition coefficient (Wildman–Crippen LogP) is 0.801. The third kappa shape index (κ3) is 0.572. The van der Waals surface area contributed by atoms with E-state index in [0.717, 1.165) is 10.1 Å². The van der Waals surface area contributed by atoms with Crippen LogP contribution >= 0.6 is 0 Å². The van der Waals surface area contributed by atoms with E-state index < -0.39 is 0 Å². The summed E-state index contributed by atoms with van der Waals surface area (Å²) in [6, 6.07) is 3.61. The molecule has 2 heterocycles. The van der Waals surface area contributed by atoms with Gasteiger partial charge >= 0.3 is 0 Å². The lowest BCUT2D eigenvalue weighted by molar-refractivity contribution is -0.576. The fourth-order valence-electron chi connectivity index (χ4n) is 0.997. The van der Waals surface area contributed by atoms with E-state index in [2.05, 4.69) is 4.98 Å². The zero-order valence-corrected chi connectivity index (χ0v) is 5.24. The van der Waals surface area contributed by atoms with E-state index in [9.17, 15) is 5.21 Å². The number of H-pyrrole nitrogens is 1. The lowest BCUT2D eigenvalue weighted by Gasteiger charge is -1.93. The minimum absolute atomic E-state index is 0.683. The highest BCUT2D eigenvalue weighted by molar-refractivity contribution is 5.74. The van der Waals surface area contributed by atoms with Gasteiger partial charge in [-0.1, -0.05) is 0 Å². The summed E-state index contributed by atoms with van der Waals surface area (Å²) in [6.07, 6.45) is 4.96. The lowest BCUT2D eigenvalue weighted by Crippen LogP contribution is -2.24. The average molecular weight is 134 g/mol. The standard InChI is InChI=1S/C7H6N2O/c10-9-3-1-2-6-4-8-5-7(6)9/h1-5,8H. The van der Waals surface area contributed by atoms with E-state index in [0.29, 0.717) is 5.52 Å². The number of aromatic nitrogens is 2. The molecule has 0 radical (unpaired) electrons. The molecule has 0 aliphatic rings. The monoisotopic (exact) mass is 134 g/mol. The second kappa shape index (κ2) is 1.73. The predicted molar refractivity (Wildman–Crippen MR) is 37.3 cm³/mol. The number of aromatic amines is 1. The number of nitrogens with one attached hydrogen (secondary N) is 1. The number of hydrogen-bond acceptors (Lipinski definition) is 1. The molecular formula is C7H6N2O. The van der Waals surface area contributed by atoms with E-state index in [4.69, 9.17) is 0 Å². The zero-order valence-electron chi connectivity index (χ0n) is 5.24. The minimum atomic E-state index is 0.683. The van der Waals surface area contributed by atoms with Gasteiger partial charge in [-0.15, -0.1) is 0 Å². The molecule has 0 atom stereocenters. The van der Waals surface area contributed by atoms with Crippen molar-refractivity contribution in [2.75, 3.05) is 0 Å². The van der Waals surface area contributed by atoms with Gasteiger partial charge in [0.2, 0.25) is 5.52 Å². The topological polar surface area (TPSA) is 42.7 Å². The first-order chi connectivity index (χ1) is 4.88. The first-order valence-electron chi connectivity index (χ1n) is 3.02. The highest BCUT2D eigenvalue weighted by Crippen LogP contribution is 2.05. The second-order valence-electron chi connectivity index (χ2n) is 2.13. The van der Waals surface area contributed by atoms with Gasteiger partial charge in [0.15, 0.2) is 6.20 Å². The van der Waals surface area contributed by atoms with Crippen molar-refractivity contribution in [2.24, 2.45) is 0 Å². The van der Waals surface area contributed by atoms with Crippen molar-refractivity contribution >= 4 is 10.9 Å². The summed E-state index contributed by atoms with van der Waals surface area (Å²) in [7, 11) is 0. The summed E-state index contributed by atoms with van der Waals surface area (Å²) in [5, 5.41) is 11.9. The molecule has 2 rings (SSSR count). The van der Waals surface area contributed by atoms with Crippen molar-refractivity contribution in [3.05, 3.63) is 35.9 Å². The van der Waals surface area contributed by atoms with Crippen molar-refractivity contribution < 1.29 is 4.73 Å². The van der Waals surface area contributed by atoms with Gasteiger partial charge in [-0.3, -0.25) is 0 Å². The quantitative estimate of drug-likeness (QED) is 0.420. The van der Waals surface area contributed by atoms with E-state index in [1.165, 1.54) is 6.20 Å². The lowest BCUT2D eigenvalue weighted by atomic mass is 10.3. The fourth-order valence-corrected chi connectivity index (χ4v) is 0.997. The van der Waals surface area contributed by atoms with Gasteiger partial charge in [-0.05, 0) is 6.07 Å². The molecular weight excluding hydrogens is 128 g/mol. The van der Waals surface area contributed by atoms with Gasteiger partial charge in [0.1, 0.15) is 0 Å². The van der Waals surface area contributed by atoms with Crippen molar-refractivity contribution in [3.8, 4) is 0 Å². The molecule has 0 amide bonds. The van der Waals surface area contributed by atoms with Crippen LogP contribution in [0.4, 0.5) is 0 Å². The Balaban J connectivity index is 2.95. The molecule has 0 bridgehead atoms. The van der Waals surface area contributed by atoms with Crippen molar-refractivity contribution in [2.45, 2.75) is 0 Å². The van der Waals surface area contributed by atoms with Gasteiger partial charge in [-0.2, -0.15) is 4.73 Å². The Hall–Kier alpha value is -1.51. The molecule has 0 saturated carbocycles. The Morgan fingerprint density at radius 1 is 1.40 bits per heavy atom. The SMILES string of the molecule is [O-][n+]1cccc2c[nH]cc21. The average Bonchev–Trinajstić information content (AvgIpc) is 2.36. The Bertz CT molecular complexity index is 353. The Kier molecular flexibility index (Phi) is 0.917. The summed E-state index contributed by atoms with van der Waals surface area (Å²) in [6.45, 7) is 0. The third-order valence-corrected chi connectivity index (χ3v) is 1.49. The third-order valence-electron chi connectivity index (χ3n) is 1.49. The molecule has 0 saturated heterocycles. The number of rotatable bonds is 0. The first kappa shape index (κ1) is 5.29. The summed E-state index contributed by atoms with van der Waals surface area (Å²) in [4.78, 5) is 2.86. The fraction of sp³-hybridized carbons (Fsp3) is 0. The Morgan fingerprint density at radius 3 is 3.10 bits per heavy atom. The van der Waals surface area contributed by atoms with Crippen LogP contribution in [0.5, 0.6) is 0 Å². The molecule has 2 aromatic rings.